The number of alkyl halides is 3. The SMILES string of the molecule is Cc1nc(N)c2c(-c3ccc(NC(=O)[C@H](O)c4cccc(C(F)(F)F)c4)cc3C)cn(C)c2n1. The zero-order chi connectivity index (χ0) is 24.8. The molecule has 0 spiro atoms. The molecule has 2 aromatic heterocycles. The third-order valence-electron chi connectivity index (χ3n) is 5.52. The molecule has 4 N–H and O–H groups in total. The van der Waals surface area contributed by atoms with Crippen molar-refractivity contribution in [2.24, 2.45) is 7.05 Å². The van der Waals surface area contributed by atoms with Crippen LogP contribution in [0.4, 0.5) is 24.7 Å². The molecule has 0 aliphatic heterocycles. The number of aliphatic hydroxyl groups excluding tert-OH is 1. The van der Waals surface area contributed by atoms with Crippen LogP contribution in [0.15, 0.2) is 48.7 Å². The van der Waals surface area contributed by atoms with E-state index in [4.69, 9.17) is 5.73 Å². The lowest BCUT2D eigenvalue weighted by Crippen LogP contribution is -2.21. The fourth-order valence-corrected chi connectivity index (χ4v) is 3.91. The predicted octanol–water partition coefficient (Wildman–Crippen LogP) is 4.53. The van der Waals surface area contributed by atoms with Gasteiger partial charge in [-0.15, -0.1) is 0 Å². The van der Waals surface area contributed by atoms with E-state index in [1.807, 2.05) is 24.7 Å². The molecule has 0 saturated carbocycles. The Morgan fingerprint density at radius 1 is 1.12 bits per heavy atom. The Morgan fingerprint density at radius 2 is 1.85 bits per heavy atom. The first-order chi connectivity index (χ1) is 16.0. The van der Waals surface area contributed by atoms with Gasteiger partial charge in [-0.25, -0.2) is 9.97 Å². The van der Waals surface area contributed by atoms with E-state index in [0.29, 0.717) is 28.4 Å². The van der Waals surface area contributed by atoms with Gasteiger partial charge in [0.2, 0.25) is 0 Å². The van der Waals surface area contributed by atoms with Gasteiger partial charge in [0.15, 0.2) is 6.10 Å². The molecule has 1 atom stereocenters. The lowest BCUT2D eigenvalue weighted by atomic mass is 10.00. The molecule has 0 radical (unpaired) electrons. The molecule has 2 aromatic carbocycles. The quantitative estimate of drug-likeness (QED) is 0.407. The molecule has 176 valence electrons. The maximum atomic E-state index is 12.9. The molecule has 0 unspecified atom stereocenters. The van der Waals surface area contributed by atoms with Crippen LogP contribution in [-0.2, 0) is 18.0 Å². The van der Waals surface area contributed by atoms with Crippen molar-refractivity contribution in [2.75, 3.05) is 11.1 Å². The average Bonchev–Trinajstić information content (AvgIpc) is 3.09. The van der Waals surface area contributed by atoms with Gasteiger partial charge in [0.25, 0.3) is 5.91 Å². The third-order valence-corrected chi connectivity index (χ3v) is 5.52. The summed E-state index contributed by atoms with van der Waals surface area (Å²) in [7, 11) is 1.86. The predicted molar refractivity (Wildman–Crippen MR) is 123 cm³/mol. The maximum Gasteiger partial charge on any atom is 0.416 e. The van der Waals surface area contributed by atoms with Crippen LogP contribution in [0.3, 0.4) is 0 Å². The summed E-state index contributed by atoms with van der Waals surface area (Å²) in [6.07, 6.45) is -4.44. The Kier molecular flexibility index (Phi) is 5.78. The van der Waals surface area contributed by atoms with Gasteiger partial charge in [0.05, 0.1) is 10.9 Å². The average molecular weight is 469 g/mol. The molecular formula is C24H22F3N5O2. The minimum absolute atomic E-state index is 0.151. The van der Waals surface area contributed by atoms with Crippen molar-refractivity contribution in [3.63, 3.8) is 0 Å². The van der Waals surface area contributed by atoms with Gasteiger partial charge in [-0.3, -0.25) is 4.79 Å². The Hall–Kier alpha value is -3.92. The summed E-state index contributed by atoms with van der Waals surface area (Å²) in [6, 6.07) is 9.18. The van der Waals surface area contributed by atoms with E-state index < -0.39 is 23.8 Å². The zero-order valence-electron chi connectivity index (χ0n) is 18.6. The summed E-state index contributed by atoms with van der Waals surface area (Å²) in [5.41, 5.74) is 8.63. The van der Waals surface area contributed by atoms with Crippen LogP contribution in [0.2, 0.25) is 0 Å². The number of anilines is 2. The van der Waals surface area contributed by atoms with Crippen molar-refractivity contribution in [1.82, 2.24) is 14.5 Å². The highest BCUT2D eigenvalue weighted by Gasteiger charge is 2.31. The number of nitrogens with one attached hydrogen (secondary N) is 1. The Morgan fingerprint density at radius 3 is 2.53 bits per heavy atom. The summed E-state index contributed by atoms with van der Waals surface area (Å²) in [5, 5.41) is 13.6. The van der Waals surface area contributed by atoms with Crippen LogP contribution < -0.4 is 11.1 Å². The van der Waals surface area contributed by atoms with Gasteiger partial charge >= 0.3 is 6.18 Å². The van der Waals surface area contributed by atoms with Gasteiger partial charge in [-0.2, -0.15) is 13.2 Å². The number of halogens is 3. The smallest absolute Gasteiger partial charge is 0.383 e. The number of carbonyl (C=O) groups excluding carboxylic acids is 1. The number of carbonyl (C=O) groups is 1. The molecular weight excluding hydrogens is 447 g/mol. The number of amides is 1. The first kappa shape index (κ1) is 23.2. The number of fused-ring (bicyclic) bond motifs is 1. The molecule has 1 amide bonds. The number of benzene rings is 2. The normalized spacial score (nSPS) is 12.7. The Balaban J connectivity index is 1.60. The van der Waals surface area contributed by atoms with Gasteiger partial charge < -0.3 is 20.7 Å². The number of hydrogen-bond acceptors (Lipinski definition) is 5. The van der Waals surface area contributed by atoms with Gasteiger partial charge in [-0.05, 0) is 54.8 Å². The van der Waals surface area contributed by atoms with Crippen molar-refractivity contribution < 1.29 is 23.1 Å². The summed E-state index contributed by atoms with van der Waals surface area (Å²) >= 11 is 0. The molecule has 34 heavy (non-hydrogen) atoms. The second-order valence-corrected chi connectivity index (χ2v) is 8.05. The van der Waals surface area contributed by atoms with E-state index in [-0.39, 0.29) is 5.56 Å². The van der Waals surface area contributed by atoms with E-state index in [1.165, 1.54) is 6.07 Å². The van der Waals surface area contributed by atoms with E-state index >= 15 is 0 Å². The summed E-state index contributed by atoms with van der Waals surface area (Å²) in [6.45, 7) is 3.61. The highest BCUT2D eigenvalue weighted by Crippen LogP contribution is 2.35. The Bertz CT molecular complexity index is 1410. The highest BCUT2D eigenvalue weighted by molar-refractivity contribution is 6.02. The van der Waals surface area contributed by atoms with Crippen molar-refractivity contribution >= 4 is 28.4 Å². The molecule has 0 saturated heterocycles. The van der Waals surface area contributed by atoms with Crippen LogP contribution in [0, 0.1) is 13.8 Å². The second kappa shape index (κ2) is 8.45. The number of nitrogens with two attached hydrogens (primary N) is 1. The van der Waals surface area contributed by atoms with E-state index in [0.717, 1.165) is 34.9 Å². The number of aryl methyl sites for hydroxylation is 3. The molecule has 7 nitrogen and oxygen atoms in total. The van der Waals surface area contributed by atoms with Gasteiger partial charge in [-0.1, -0.05) is 18.2 Å². The van der Waals surface area contributed by atoms with Crippen molar-refractivity contribution in [1.29, 1.82) is 0 Å². The molecule has 0 aliphatic carbocycles. The molecule has 0 fully saturated rings. The second-order valence-electron chi connectivity index (χ2n) is 8.05. The Labute approximate surface area is 193 Å². The summed E-state index contributed by atoms with van der Waals surface area (Å²) in [4.78, 5) is 21.2. The van der Waals surface area contributed by atoms with Crippen LogP contribution in [0.25, 0.3) is 22.2 Å². The molecule has 0 aliphatic rings. The number of aliphatic hydroxyl groups is 1. The summed E-state index contributed by atoms with van der Waals surface area (Å²) < 4.78 is 40.7. The van der Waals surface area contributed by atoms with E-state index in [1.54, 1.807) is 25.1 Å². The van der Waals surface area contributed by atoms with Gasteiger partial charge in [0.1, 0.15) is 17.3 Å². The fourth-order valence-electron chi connectivity index (χ4n) is 3.91. The minimum atomic E-state index is -4.58. The van der Waals surface area contributed by atoms with Crippen LogP contribution in [0.5, 0.6) is 0 Å². The number of hydrogen-bond donors (Lipinski definition) is 3. The topological polar surface area (TPSA) is 106 Å². The first-order valence-electron chi connectivity index (χ1n) is 10.3. The number of rotatable bonds is 4. The minimum Gasteiger partial charge on any atom is -0.383 e. The molecule has 4 aromatic rings. The van der Waals surface area contributed by atoms with E-state index in [2.05, 4.69) is 15.3 Å². The van der Waals surface area contributed by atoms with Crippen LogP contribution in [-0.4, -0.2) is 25.5 Å². The van der Waals surface area contributed by atoms with Gasteiger partial charge in [0, 0.05) is 24.5 Å². The van der Waals surface area contributed by atoms with E-state index in [9.17, 15) is 23.1 Å². The van der Waals surface area contributed by atoms with Crippen molar-refractivity contribution in [3.8, 4) is 11.1 Å². The third kappa shape index (κ3) is 4.32. The number of nitrogen functional groups attached to an aromatic ring is 1. The van der Waals surface area contributed by atoms with Crippen LogP contribution >= 0.6 is 0 Å². The molecule has 0 bridgehead atoms. The van der Waals surface area contributed by atoms with Crippen molar-refractivity contribution in [3.05, 3.63) is 71.2 Å². The monoisotopic (exact) mass is 469 g/mol. The van der Waals surface area contributed by atoms with Crippen molar-refractivity contribution in [2.45, 2.75) is 26.1 Å². The lowest BCUT2D eigenvalue weighted by molar-refractivity contribution is -0.138. The standard InChI is InChI=1S/C24H22F3N5O2/c1-12-9-16(31-23(34)20(33)14-5-4-6-15(10-14)24(25,26)27)7-8-17(12)18-11-32(3)22-19(18)21(28)29-13(2)30-22/h4-11,20,33H,1-3H3,(H,31,34)(H2,28,29,30)/t20-/m1/s1. The number of aromatic nitrogens is 3. The highest BCUT2D eigenvalue weighted by atomic mass is 19.4. The first-order valence-corrected chi connectivity index (χ1v) is 10.3. The largest absolute Gasteiger partial charge is 0.416 e. The molecule has 4 rings (SSSR count). The maximum absolute atomic E-state index is 12.9. The fraction of sp³-hybridized carbons (Fsp3) is 0.208. The molecule has 2 heterocycles. The zero-order valence-corrected chi connectivity index (χ0v) is 18.6. The summed E-state index contributed by atoms with van der Waals surface area (Å²) in [5.74, 6) is 0.0794. The number of nitrogens with zero attached hydrogens (tertiary/aromatic N) is 3. The van der Waals surface area contributed by atoms with Crippen LogP contribution in [0.1, 0.15) is 28.6 Å². The molecule has 10 heteroatoms. The lowest BCUT2D eigenvalue weighted by Gasteiger charge is -2.15.